The lowest BCUT2D eigenvalue weighted by atomic mass is 9.69. The molecule has 1 aliphatic rings. The van der Waals surface area contributed by atoms with Gasteiger partial charge in [-0.05, 0) is 24.3 Å². The van der Waals surface area contributed by atoms with Crippen LogP contribution >= 0.6 is 12.4 Å². The summed E-state index contributed by atoms with van der Waals surface area (Å²) in [7, 11) is 0. The van der Waals surface area contributed by atoms with E-state index in [0.29, 0.717) is 18.8 Å². The van der Waals surface area contributed by atoms with Crippen LogP contribution in [0.25, 0.3) is 0 Å². The number of halogens is 2. The first kappa shape index (κ1) is 11.5. The maximum Gasteiger partial charge on any atom is 0.124 e. The van der Waals surface area contributed by atoms with Gasteiger partial charge < -0.3 is 5.73 Å². The van der Waals surface area contributed by atoms with Crippen LogP contribution in [0.15, 0.2) is 30.3 Å². The van der Waals surface area contributed by atoms with Crippen LogP contribution in [0.1, 0.15) is 24.3 Å². The van der Waals surface area contributed by atoms with E-state index in [9.17, 15) is 4.39 Å². The Morgan fingerprint density at radius 2 is 1.86 bits per heavy atom. The largest absolute Gasteiger partial charge is 0.328 e. The summed E-state index contributed by atoms with van der Waals surface area (Å²) in [5, 5.41) is 0. The molecule has 0 aromatic heterocycles. The van der Waals surface area contributed by atoms with Crippen molar-refractivity contribution < 1.29 is 4.39 Å². The number of hydrogen-bond donors (Lipinski definition) is 1. The molecular weight excluding hydrogens is 201 g/mol. The molecule has 0 heterocycles. The van der Waals surface area contributed by atoms with Crippen LogP contribution in [0, 0.1) is 0 Å². The second-order valence-electron chi connectivity index (χ2n) is 3.87. The standard InChI is InChI=1S/C11H14FN.ClH/c12-11(8-13)6-10(7-11)9-4-2-1-3-5-9;/h1-5,10H,6-8,13H2;1H. The van der Waals surface area contributed by atoms with Crippen molar-refractivity contribution in [1.29, 1.82) is 0 Å². The first-order chi connectivity index (χ1) is 6.23. The lowest BCUT2D eigenvalue weighted by Gasteiger charge is -2.40. The first-order valence-electron chi connectivity index (χ1n) is 4.67. The van der Waals surface area contributed by atoms with Crippen molar-refractivity contribution >= 4 is 12.4 Å². The lowest BCUT2D eigenvalue weighted by molar-refractivity contribution is 0.0505. The fraction of sp³-hybridized carbons (Fsp3) is 0.455. The molecule has 1 aromatic rings. The molecule has 1 fully saturated rings. The average molecular weight is 216 g/mol. The van der Waals surface area contributed by atoms with E-state index in [4.69, 9.17) is 5.73 Å². The molecule has 2 rings (SSSR count). The van der Waals surface area contributed by atoms with Crippen molar-refractivity contribution in [3.63, 3.8) is 0 Å². The summed E-state index contributed by atoms with van der Waals surface area (Å²) in [6.45, 7) is 0.163. The van der Waals surface area contributed by atoms with Gasteiger partial charge in [-0.15, -0.1) is 12.4 Å². The van der Waals surface area contributed by atoms with Crippen LogP contribution < -0.4 is 5.73 Å². The highest BCUT2D eigenvalue weighted by atomic mass is 35.5. The van der Waals surface area contributed by atoms with Crippen molar-refractivity contribution in [2.45, 2.75) is 24.4 Å². The summed E-state index contributed by atoms with van der Waals surface area (Å²) in [5.74, 6) is 0.384. The van der Waals surface area contributed by atoms with Crippen LogP contribution in [-0.2, 0) is 0 Å². The van der Waals surface area contributed by atoms with E-state index in [1.165, 1.54) is 5.56 Å². The molecule has 78 valence electrons. The number of hydrogen-bond acceptors (Lipinski definition) is 1. The molecule has 0 amide bonds. The summed E-state index contributed by atoms with van der Waals surface area (Å²) in [6, 6.07) is 10.1. The molecule has 1 saturated carbocycles. The zero-order valence-corrected chi connectivity index (χ0v) is 8.77. The van der Waals surface area contributed by atoms with Crippen LogP contribution in [0.4, 0.5) is 4.39 Å². The van der Waals surface area contributed by atoms with Gasteiger partial charge in [-0.1, -0.05) is 30.3 Å². The zero-order valence-electron chi connectivity index (χ0n) is 7.95. The van der Waals surface area contributed by atoms with Gasteiger partial charge in [-0.2, -0.15) is 0 Å². The molecule has 1 nitrogen and oxygen atoms in total. The molecule has 3 heteroatoms. The second-order valence-corrected chi connectivity index (χ2v) is 3.87. The predicted octanol–water partition coefficient (Wildman–Crippen LogP) is 2.65. The summed E-state index contributed by atoms with van der Waals surface area (Å²) in [4.78, 5) is 0. The van der Waals surface area contributed by atoms with Gasteiger partial charge in [0.2, 0.25) is 0 Å². The van der Waals surface area contributed by atoms with Gasteiger partial charge >= 0.3 is 0 Å². The SMILES string of the molecule is Cl.NCC1(F)CC(c2ccccc2)C1. The second kappa shape index (κ2) is 4.28. The van der Waals surface area contributed by atoms with Crippen molar-refractivity contribution in [3.05, 3.63) is 35.9 Å². The third-order valence-electron chi connectivity index (χ3n) is 2.86. The van der Waals surface area contributed by atoms with E-state index < -0.39 is 5.67 Å². The van der Waals surface area contributed by atoms with Gasteiger partial charge in [0.15, 0.2) is 0 Å². The maximum atomic E-state index is 13.4. The minimum Gasteiger partial charge on any atom is -0.328 e. The van der Waals surface area contributed by atoms with E-state index in [2.05, 4.69) is 12.1 Å². The van der Waals surface area contributed by atoms with Gasteiger partial charge in [-0.3, -0.25) is 0 Å². The van der Waals surface area contributed by atoms with Gasteiger partial charge in [-0.25, -0.2) is 4.39 Å². The Kier molecular flexibility index (Phi) is 3.51. The van der Waals surface area contributed by atoms with Crippen LogP contribution in [0.2, 0.25) is 0 Å². The van der Waals surface area contributed by atoms with E-state index in [0.717, 1.165) is 0 Å². The molecule has 0 unspecified atom stereocenters. The monoisotopic (exact) mass is 215 g/mol. The van der Waals surface area contributed by atoms with Crippen LogP contribution in [0.5, 0.6) is 0 Å². The van der Waals surface area contributed by atoms with E-state index in [1.54, 1.807) is 0 Å². The summed E-state index contributed by atoms with van der Waals surface area (Å²) < 4.78 is 13.4. The third-order valence-corrected chi connectivity index (χ3v) is 2.86. The number of benzene rings is 1. The molecule has 1 aliphatic carbocycles. The normalized spacial score (nSPS) is 30.3. The summed E-state index contributed by atoms with van der Waals surface area (Å²) in [6.07, 6.45) is 1.18. The topological polar surface area (TPSA) is 26.0 Å². The quantitative estimate of drug-likeness (QED) is 0.807. The van der Waals surface area contributed by atoms with Gasteiger partial charge in [0, 0.05) is 6.54 Å². The molecule has 0 aliphatic heterocycles. The van der Waals surface area contributed by atoms with Crippen molar-refractivity contribution in [2.24, 2.45) is 5.73 Å². The van der Waals surface area contributed by atoms with Crippen molar-refractivity contribution in [2.75, 3.05) is 6.54 Å². The minimum atomic E-state index is -1.08. The van der Waals surface area contributed by atoms with E-state index in [-0.39, 0.29) is 19.0 Å². The molecule has 0 saturated heterocycles. The van der Waals surface area contributed by atoms with Crippen LogP contribution in [0.3, 0.4) is 0 Å². The predicted molar refractivity (Wildman–Crippen MR) is 58.6 cm³/mol. The molecule has 0 spiro atoms. The smallest absolute Gasteiger partial charge is 0.124 e. The lowest BCUT2D eigenvalue weighted by Crippen LogP contribution is -2.44. The fourth-order valence-corrected chi connectivity index (χ4v) is 1.95. The summed E-state index contributed by atoms with van der Waals surface area (Å²) >= 11 is 0. The maximum absolute atomic E-state index is 13.4. The van der Waals surface area contributed by atoms with Gasteiger partial charge in [0.25, 0.3) is 0 Å². The molecule has 0 bridgehead atoms. The number of nitrogens with two attached hydrogens (primary N) is 1. The minimum absolute atomic E-state index is 0. The van der Waals surface area contributed by atoms with E-state index in [1.807, 2.05) is 18.2 Å². The Morgan fingerprint density at radius 1 is 1.29 bits per heavy atom. The molecule has 0 atom stereocenters. The number of alkyl halides is 1. The first-order valence-corrected chi connectivity index (χ1v) is 4.67. The van der Waals surface area contributed by atoms with Crippen molar-refractivity contribution in [3.8, 4) is 0 Å². The molecule has 1 aromatic carbocycles. The number of rotatable bonds is 2. The highest BCUT2D eigenvalue weighted by Gasteiger charge is 2.43. The van der Waals surface area contributed by atoms with Crippen LogP contribution in [-0.4, -0.2) is 12.2 Å². The molecule has 2 N–H and O–H groups in total. The Hall–Kier alpha value is -0.600. The molecule has 14 heavy (non-hydrogen) atoms. The zero-order chi connectivity index (χ0) is 9.31. The highest BCUT2D eigenvalue weighted by molar-refractivity contribution is 5.85. The molecular formula is C11H15ClFN. The summed E-state index contributed by atoms with van der Waals surface area (Å²) in [5.41, 5.74) is 5.49. The Labute approximate surface area is 89.9 Å². The molecule has 0 radical (unpaired) electrons. The third kappa shape index (κ3) is 2.07. The van der Waals surface area contributed by atoms with Gasteiger partial charge in [0.05, 0.1) is 0 Å². The Balaban J connectivity index is 0.000000980. The highest BCUT2D eigenvalue weighted by Crippen LogP contribution is 2.46. The average Bonchev–Trinajstić information content (AvgIpc) is 2.14. The Morgan fingerprint density at radius 3 is 2.36 bits per heavy atom. The Bertz CT molecular complexity index is 283. The van der Waals surface area contributed by atoms with E-state index >= 15 is 0 Å². The van der Waals surface area contributed by atoms with Crippen molar-refractivity contribution in [1.82, 2.24) is 0 Å². The fourth-order valence-electron chi connectivity index (χ4n) is 1.95. The van der Waals surface area contributed by atoms with Gasteiger partial charge in [0.1, 0.15) is 5.67 Å².